The first-order valence-electron chi connectivity index (χ1n) is 5.79. The molecule has 2 atom stereocenters. The average Bonchev–Trinajstić information content (AvgIpc) is 2.81. The number of alkyl halides is 3. The quantitative estimate of drug-likeness (QED) is 0.847. The van der Waals surface area contributed by atoms with Crippen LogP contribution in [0.5, 0.6) is 0 Å². The number of benzene rings is 1. The summed E-state index contributed by atoms with van der Waals surface area (Å²) < 4.78 is 3.83. The first-order valence-corrected chi connectivity index (χ1v) is 6.92. The molecule has 0 radical (unpaired) electrons. The lowest BCUT2D eigenvalue weighted by Crippen LogP contribution is -2.41. The zero-order valence-corrected chi connectivity index (χ0v) is 12.5. The molecule has 104 valence electrons. The molecule has 0 amide bonds. The Labute approximate surface area is 126 Å². The smallest absolute Gasteiger partial charge is 0.198 e. The van der Waals surface area contributed by atoms with Gasteiger partial charge in [0.25, 0.3) is 0 Å². The molecule has 0 aliphatic rings. The lowest BCUT2D eigenvalue weighted by Gasteiger charge is -2.31. The molecule has 0 saturated carbocycles. The fourth-order valence-electron chi connectivity index (χ4n) is 2.18. The van der Waals surface area contributed by atoms with Gasteiger partial charge in [-0.25, -0.2) is 0 Å². The Morgan fingerprint density at radius 3 is 2.63 bits per heavy atom. The fraction of sp³-hybridized carbons (Fsp3) is 0.385. The van der Waals surface area contributed by atoms with E-state index in [0.29, 0.717) is 0 Å². The highest BCUT2D eigenvalue weighted by atomic mass is 35.6. The van der Waals surface area contributed by atoms with Gasteiger partial charge in [0.1, 0.15) is 5.58 Å². The van der Waals surface area contributed by atoms with Gasteiger partial charge >= 0.3 is 0 Å². The van der Waals surface area contributed by atoms with Crippen molar-refractivity contribution in [3.05, 3.63) is 36.1 Å². The van der Waals surface area contributed by atoms with Crippen LogP contribution in [0.15, 0.2) is 34.9 Å². The number of hydrogen-bond acceptors (Lipinski definition) is 3. The summed E-state index contributed by atoms with van der Waals surface area (Å²) in [5.74, 6) is -0.484. The summed E-state index contributed by atoms with van der Waals surface area (Å²) in [6.07, 6.45) is 1.61. The van der Waals surface area contributed by atoms with E-state index < -0.39 is 9.71 Å². The molecule has 0 saturated heterocycles. The van der Waals surface area contributed by atoms with E-state index in [4.69, 9.17) is 39.2 Å². The third-order valence-corrected chi connectivity index (χ3v) is 3.87. The SMILES string of the molecule is CNC(CO)C(c1ccc2ccoc2c1)C(Cl)(Cl)Cl. The molecule has 1 heterocycles. The Morgan fingerprint density at radius 1 is 1.32 bits per heavy atom. The van der Waals surface area contributed by atoms with Gasteiger partial charge in [0.2, 0.25) is 0 Å². The molecule has 2 unspecified atom stereocenters. The van der Waals surface area contributed by atoms with Crippen molar-refractivity contribution in [1.82, 2.24) is 5.32 Å². The highest BCUT2D eigenvalue weighted by Crippen LogP contribution is 2.44. The Balaban J connectivity index is 2.47. The number of hydrogen-bond donors (Lipinski definition) is 2. The maximum Gasteiger partial charge on any atom is 0.198 e. The number of furan rings is 1. The van der Waals surface area contributed by atoms with Crippen molar-refractivity contribution in [1.29, 1.82) is 0 Å². The monoisotopic (exact) mass is 321 g/mol. The zero-order valence-electron chi connectivity index (χ0n) is 10.2. The molecule has 2 N–H and O–H groups in total. The molecular weight excluding hydrogens is 309 g/mol. The second-order valence-electron chi connectivity index (χ2n) is 4.31. The van der Waals surface area contributed by atoms with Gasteiger partial charge in [-0.1, -0.05) is 46.9 Å². The first-order chi connectivity index (χ1) is 8.97. The Morgan fingerprint density at radius 2 is 2.05 bits per heavy atom. The normalized spacial score (nSPS) is 15.6. The fourth-order valence-corrected chi connectivity index (χ4v) is 3.01. The maximum absolute atomic E-state index is 9.43. The van der Waals surface area contributed by atoms with E-state index in [1.165, 1.54) is 0 Å². The van der Waals surface area contributed by atoms with E-state index in [-0.39, 0.29) is 12.6 Å². The predicted octanol–water partition coefficient (Wildman–Crippen LogP) is 3.47. The molecule has 0 spiro atoms. The minimum absolute atomic E-state index is 0.134. The van der Waals surface area contributed by atoms with Crippen LogP contribution in [0.1, 0.15) is 11.5 Å². The zero-order chi connectivity index (χ0) is 14.0. The minimum atomic E-state index is -1.53. The van der Waals surface area contributed by atoms with Crippen LogP contribution in [0.25, 0.3) is 11.0 Å². The maximum atomic E-state index is 9.43. The van der Waals surface area contributed by atoms with Crippen molar-refractivity contribution < 1.29 is 9.52 Å². The number of fused-ring (bicyclic) bond motifs is 1. The number of halogens is 3. The minimum Gasteiger partial charge on any atom is -0.464 e. The molecule has 0 aliphatic heterocycles. The average molecular weight is 323 g/mol. The number of aliphatic hydroxyl groups excluding tert-OH is 1. The second-order valence-corrected chi connectivity index (χ2v) is 6.68. The summed E-state index contributed by atoms with van der Waals surface area (Å²) in [7, 11) is 1.72. The third-order valence-electron chi connectivity index (χ3n) is 3.16. The van der Waals surface area contributed by atoms with E-state index in [1.807, 2.05) is 24.3 Å². The molecule has 0 aliphatic carbocycles. The van der Waals surface area contributed by atoms with Gasteiger partial charge in [-0.15, -0.1) is 0 Å². The summed E-state index contributed by atoms with van der Waals surface area (Å²) in [4.78, 5) is 0. The van der Waals surface area contributed by atoms with Crippen LogP contribution in [-0.4, -0.2) is 28.6 Å². The van der Waals surface area contributed by atoms with Gasteiger partial charge in [-0.2, -0.15) is 0 Å². The van der Waals surface area contributed by atoms with E-state index in [0.717, 1.165) is 16.5 Å². The lowest BCUT2D eigenvalue weighted by molar-refractivity contribution is 0.229. The van der Waals surface area contributed by atoms with Crippen LogP contribution in [0.4, 0.5) is 0 Å². The van der Waals surface area contributed by atoms with Crippen molar-refractivity contribution >= 4 is 45.8 Å². The number of rotatable bonds is 4. The van der Waals surface area contributed by atoms with Gasteiger partial charge in [-0.3, -0.25) is 0 Å². The molecule has 19 heavy (non-hydrogen) atoms. The second kappa shape index (κ2) is 5.90. The van der Waals surface area contributed by atoms with Crippen molar-refractivity contribution in [2.45, 2.75) is 15.8 Å². The summed E-state index contributed by atoms with van der Waals surface area (Å²) in [5, 5.41) is 13.4. The molecule has 2 aromatic rings. The molecule has 1 aromatic heterocycles. The number of likely N-dealkylation sites (N-methyl/N-ethyl adjacent to an activating group) is 1. The van der Waals surface area contributed by atoms with Crippen molar-refractivity contribution in [3.63, 3.8) is 0 Å². The van der Waals surface area contributed by atoms with Crippen molar-refractivity contribution in [2.24, 2.45) is 0 Å². The van der Waals surface area contributed by atoms with Crippen LogP contribution in [0.2, 0.25) is 0 Å². The van der Waals surface area contributed by atoms with E-state index in [9.17, 15) is 5.11 Å². The van der Waals surface area contributed by atoms with Crippen LogP contribution in [0.3, 0.4) is 0 Å². The Hall–Kier alpha value is -0.450. The summed E-state index contributed by atoms with van der Waals surface area (Å²) in [6, 6.07) is 7.12. The van der Waals surface area contributed by atoms with Gasteiger partial charge in [0, 0.05) is 17.3 Å². The standard InChI is InChI=1S/C13H14Cl3NO2/c1-17-10(7-18)12(13(14,15)16)9-3-2-8-4-5-19-11(8)6-9/h2-6,10,12,17-18H,7H2,1H3. The van der Waals surface area contributed by atoms with E-state index in [1.54, 1.807) is 13.3 Å². The Kier molecular flexibility index (Phi) is 4.64. The van der Waals surface area contributed by atoms with E-state index in [2.05, 4.69) is 5.32 Å². The van der Waals surface area contributed by atoms with Gasteiger partial charge in [-0.05, 0) is 24.7 Å². The van der Waals surface area contributed by atoms with Gasteiger partial charge in [0.15, 0.2) is 3.79 Å². The van der Waals surface area contributed by atoms with Gasteiger partial charge < -0.3 is 14.8 Å². The largest absolute Gasteiger partial charge is 0.464 e. The lowest BCUT2D eigenvalue weighted by atomic mass is 9.92. The molecule has 6 heteroatoms. The van der Waals surface area contributed by atoms with Crippen molar-refractivity contribution in [2.75, 3.05) is 13.7 Å². The third kappa shape index (κ3) is 3.18. The molecular formula is C13H14Cl3NO2. The molecule has 0 bridgehead atoms. The van der Waals surface area contributed by atoms with E-state index >= 15 is 0 Å². The van der Waals surface area contributed by atoms with Crippen LogP contribution in [0, 0.1) is 0 Å². The summed E-state index contributed by atoms with van der Waals surface area (Å²) in [5.41, 5.74) is 1.53. The van der Waals surface area contributed by atoms with Crippen LogP contribution in [-0.2, 0) is 0 Å². The molecule has 0 fully saturated rings. The summed E-state index contributed by atoms with van der Waals surface area (Å²) >= 11 is 18.2. The Bertz CT molecular complexity index is 546. The highest BCUT2D eigenvalue weighted by Gasteiger charge is 2.39. The van der Waals surface area contributed by atoms with Gasteiger partial charge in [0.05, 0.1) is 12.9 Å². The number of nitrogens with one attached hydrogen (secondary N) is 1. The summed E-state index contributed by atoms with van der Waals surface area (Å²) in [6.45, 7) is -0.134. The molecule has 3 nitrogen and oxygen atoms in total. The first kappa shape index (κ1) is 14.9. The number of aliphatic hydroxyl groups is 1. The predicted molar refractivity (Wildman–Crippen MR) is 79.2 cm³/mol. The van der Waals surface area contributed by atoms with Crippen LogP contribution >= 0.6 is 34.8 Å². The van der Waals surface area contributed by atoms with Crippen LogP contribution < -0.4 is 5.32 Å². The van der Waals surface area contributed by atoms with Crippen molar-refractivity contribution in [3.8, 4) is 0 Å². The molecule has 1 aromatic carbocycles. The molecule has 2 rings (SSSR count). The highest BCUT2D eigenvalue weighted by molar-refractivity contribution is 6.68. The topological polar surface area (TPSA) is 45.4 Å².